The molecular weight excluding hydrogens is 397 g/mol. The van der Waals surface area contributed by atoms with Gasteiger partial charge >= 0.3 is 0 Å². The smallest absolute Gasteiger partial charge is 0.243 e. The van der Waals surface area contributed by atoms with E-state index in [1.54, 1.807) is 0 Å². The number of hydrogen-bond donors (Lipinski definition) is 2. The number of sulfonamides is 2. The Kier molecular flexibility index (Phi) is 6.31. The first-order chi connectivity index (χ1) is 12.5. The number of likely N-dealkylation sites (N-methyl/N-ethyl adjacent to an activating group) is 1. The van der Waals surface area contributed by atoms with E-state index in [0.29, 0.717) is 5.56 Å². The highest BCUT2D eigenvalue weighted by Crippen LogP contribution is 2.14. The Balaban J connectivity index is 1.96. The van der Waals surface area contributed by atoms with Crippen molar-refractivity contribution < 1.29 is 26.0 Å². The van der Waals surface area contributed by atoms with E-state index in [4.69, 9.17) is 5.14 Å². The van der Waals surface area contributed by atoms with Crippen molar-refractivity contribution in [2.45, 2.75) is 16.3 Å². The van der Waals surface area contributed by atoms with Crippen molar-refractivity contribution in [2.24, 2.45) is 5.14 Å². The minimum Gasteiger partial charge on any atom is -0.351 e. The number of nitrogens with one attached hydrogen (secondary N) is 1. The molecule has 146 valence electrons. The van der Waals surface area contributed by atoms with Gasteiger partial charge in [-0.2, -0.15) is 4.31 Å². The Morgan fingerprint density at radius 3 is 2.04 bits per heavy atom. The molecule has 0 aliphatic heterocycles. The number of halogens is 1. The molecule has 2 rings (SSSR count). The van der Waals surface area contributed by atoms with Crippen molar-refractivity contribution in [3.8, 4) is 0 Å². The second-order valence-electron chi connectivity index (χ2n) is 5.68. The third-order valence-corrected chi connectivity index (χ3v) is 6.38. The lowest BCUT2D eigenvalue weighted by atomic mass is 10.2. The summed E-state index contributed by atoms with van der Waals surface area (Å²) in [7, 11) is -6.49. The zero-order valence-corrected chi connectivity index (χ0v) is 15.9. The van der Waals surface area contributed by atoms with Crippen LogP contribution in [0.1, 0.15) is 5.56 Å². The normalized spacial score (nSPS) is 12.1. The van der Waals surface area contributed by atoms with Gasteiger partial charge in [-0.1, -0.05) is 12.1 Å². The molecule has 0 bridgehead atoms. The minimum absolute atomic E-state index is 0.0531. The molecule has 2 aromatic carbocycles. The van der Waals surface area contributed by atoms with E-state index in [9.17, 15) is 26.0 Å². The molecule has 0 saturated heterocycles. The van der Waals surface area contributed by atoms with Crippen molar-refractivity contribution in [1.29, 1.82) is 0 Å². The van der Waals surface area contributed by atoms with E-state index in [2.05, 4.69) is 5.32 Å². The van der Waals surface area contributed by atoms with Crippen LogP contribution in [-0.4, -0.2) is 40.6 Å². The molecule has 0 aliphatic rings. The van der Waals surface area contributed by atoms with E-state index < -0.39 is 38.3 Å². The van der Waals surface area contributed by atoms with Gasteiger partial charge in [-0.25, -0.2) is 26.4 Å². The van der Waals surface area contributed by atoms with Crippen LogP contribution >= 0.6 is 0 Å². The number of hydrogen-bond acceptors (Lipinski definition) is 5. The van der Waals surface area contributed by atoms with Crippen LogP contribution in [-0.2, 0) is 31.4 Å². The fourth-order valence-electron chi connectivity index (χ4n) is 2.13. The van der Waals surface area contributed by atoms with Gasteiger partial charge in [-0.05, 0) is 42.0 Å². The molecule has 0 spiro atoms. The zero-order valence-electron chi connectivity index (χ0n) is 14.3. The van der Waals surface area contributed by atoms with E-state index >= 15 is 0 Å². The molecule has 2 aromatic rings. The molecule has 0 aromatic heterocycles. The summed E-state index contributed by atoms with van der Waals surface area (Å²) >= 11 is 0. The molecule has 0 saturated carbocycles. The summed E-state index contributed by atoms with van der Waals surface area (Å²) in [6, 6.07) is 9.86. The van der Waals surface area contributed by atoms with Crippen molar-refractivity contribution in [1.82, 2.24) is 9.62 Å². The molecule has 8 nitrogen and oxygen atoms in total. The summed E-state index contributed by atoms with van der Waals surface area (Å²) in [5.41, 5.74) is 0.611. The number of carbonyl (C=O) groups is 1. The number of rotatable bonds is 7. The van der Waals surface area contributed by atoms with Gasteiger partial charge < -0.3 is 5.32 Å². The average Bonchev–Trinajstić information content (AvgIpc) is 2.60. The lowest BCUT2D eigenvalue weighted by molar-refractivity contribution is -0.121. The highest BCUT2D eigenvalue weighted by atomic mass is 32.2. The molecule has 3 N–H and O–H groups in total. The lowest BCUT2D eigenvalue weighted by Crippen LogP contribution is -2.38. The van der Waals surface area contributed by atoms with Crippen LogP contribution < -0.4 is 10.5 Å². The average molecular weight is 415 g/mol. The zero-order chi connectivity index (χ0) is 20.2. The Labute approximate surface area is 156 Å². The SMILES string of the molecule is CN(CC(=O)NCc1ccc(S(N)(=O)=O)cc1)S(=O)(=O)c1ccc(F)cc1. The van der Waals surface area contributed by atoms with Gasteiger partial charge in [0.05, 0.1) is 16.3 Å². The quantitative estimate of drug-likeness (QED) is 0.677. The first kappa shape index (κ1) is 21.0. The van der Waals surface area contributed by atoms with Gasteiger partial charge in [-0.15, -0.1) is 0 Å². The molecule has 0 atom stereocenters. The van der Waals surface area contributed by atoms with Crippen molar-refractivity contribution in [3.63, 3.8) is 0 Å². The molecule has 1 amide bonds. The molecule has 0 aliphatic carbocycles. The molecule has 27 heavy (non-hydrogen) atoms. The number of benzene rings is 2. The molecule has 0 heterocycles. The largest absolute Gasteiger partial charge is 0.351 e. The predicted octanol–water partition coefficient (Wildman–Crippen LogP) is 0.410. The first-order valence-electron chi connectivity index (χ1n) is 7.60. The van der Waals surface area contributed by atoms with E-state index in [1.807, 2.05) is 0 Å². The van der Waals surface area contributed by atoms with Crippen LogP contribution in [0.25, 0.3) is 0 Å². The fourth-order valence-corrected chi connectivity index (χ4v) is 3.77. The highest BCUT2D eigenvalue weighted by Gasteiger charge is 2.22. The van der Waals surface area contributed by atoms with Crippen molar-refractivity contribution in [3.05, 3.63) is 59.9 Å². The fraction of sp³-hybridized carbons (Fsp3) is 0.188. The number of primary sulfonamides is 1. The van der Waals surface area contributed by atoms with Gasteiger partial charge in [0.1, 0.15) is 5.82 Å². The minimum atomic E-state index is -3.93. The number of amides is 1. The van der Waals surface area contributed by atoms with Crippen LogP contribution in [0.5, 0.6) is 0 Å². The molecular formula is C16H18FN3O5S2. The maximum atomic E-state index is 12.9. The third kappa shape index (κ3) is 5.57. The third-order valence-electron chi connectivity index (χ3n) is 3.63. The second-order valence-corrected chi connectivity index (χ2v) is 9.29. The highest BCUT2D eigenvalue weighted by molar-refractivity contribution is 7.89. The molecule has 0 fully saturated rings. The van der Waals surface area contributed by atoms with Crippen LogP contribution in [0.2, 0.25) is 0 Å². The van der Waals surface area contributed by atoms with E-state index in [0.717, 1.165) is 28.6 Å². The molecule has 0 radical (unpaired) electrons. The van der Waals surface area contributed by atoms with E-state index in [-0.39, 0.29) is 16.3 Å². The van der Waals surface area contributed by atoms with Crippen molar-refractivity contribution >= 4 is 26.0 Å². The Morgan fingerprint density at radius 1 is 1.00 bits per heavy atom. The summed E-state index contributed by atoms with van der Waals surface area (Å²) in [5, 5.41) is 7.54. The van der Waals surface area contributed by atoms with Gasteiger partial charge in [0.2, 0.25) is 26.0 Å². The number of nitrogens with zero attached hydrogens (tertiary/aromatic N) is 1. The number of nitrogens with two attached hydrogens (primary N) is 1. The van der Waals surface area contributed by atoms with Gasteiger partial charge in [0.25, 0.3) is 0 Å². The first-order valence-corrected chi connectivity index (χ1v) is 10.6. The van der Waals surface area contributed by atoms with Crippen LogP contribution in [0, 0.1) is 5.82 Å². The maximum absolute atomic E-state index is 12.9. The van der Waals surface area contributed by atoms with Crippen LogP contribution in [0.4, 0.5) is 4.39 Å². The van der Waals surface area contributed by atoms with E-state index in [1.165, 1.54) is 31.3 Å². The summed E-state index contributed by atoms with van der Waals surface area (Å²) < 4.78 is 60.8. The summed E-state index contributed by atoms with van der Waals surface area (Å²) in [5.74, 6) is -1.12. The monoisotopic (exact) mass is 415 g/mol. The van der Waals surface area contributed by atoms with Crippen LogP contribution in [0.3, 0.4) is 0 Å². The summed E-state index contributed by atoms with van der Waals surface area (Å²) in [6.07, 6.45) is 0. The Hall–Kier alpha value is -2.34. The van der Waals surface area contributed by atoms with Gasteiger partial charge in [0, 0.05) is 13.6 Å². The topological polar surface area (TPSA) is 127 Å². The summed E-state index contributed by atoms with van der Waals surface area (Å²) in [6.45, 7) is -0.358. The van der Waals surface area contributed by atoms with Crippen molar-refractivity contribution in [2.75, 3.05) is 13.6 Å². The predicted molar refractivity (Wildman–Crippen MR) is 95.9 cm³/mol. The maximum Gasteiger partial charge on any atom is 0.243 e. The Morgan fingerprint density at radius 2 is 1.52 bits per heavy atom. The van der Waals surface area contributed by atoms with Gasteiger partial charge in [0.15, 0.2) is 0 Å². The second kappa shape index (κ2) is 8.13. The van der Waals surface area contributed by atoms with Crippen LogP contribution in [0.15, 0.2) is 58.3 Å². The standard InChI is InChI=1S/C16H18FN3O5S2/c1-20(27(24,25)15-8-4-13(17)5-9-15)11-16(21)19-10-12-2-6-14(7-3-12)26(18,22)23/h2-9H,10-11H2,1H3,(H,19,21)(H2,18,22,23). The van der Waals surface area contributed by atoms with Gasteiger partial charge in [-0.3, -0.25) is 4.79 Å². The molecule has 0 unspecified atom stereocenters. The Bertz CT molecular complexity index is 1020. The molecule has 11 heteroatoms. The number of carbonyl (C=O) groups excluding carboxylic acids is 1. The lowest BCUT2D eigenvalue weighted by Gasteiger charge is -2.17. The summed E-state index contributed by atoms with van der Waals surface area (Å²) in [4.78, 5) is 11.8.